The van der Waals surface area contributed by atoms with Crippen molar-refractivity contribution in [3.63, 3.8) is 0 Å². The maximum Gasteiger partial charge on any atom is 0.254 e. The lowest BCUT2D eigenvalue weighted by Crippen LogP contribution is -2.40. The number of carbonyl (C=O) groups is 2. The van der Waals surface area contributed by atoms with Crippen molar-refractivity contribution in [1.82, 2.24) is 5.01 Å². The zero-order valence-corrected chi connectivity index (χ0v) is 21.4. The van der Waals surface area contributed by atoms with Gasteiger partial charge >= 0.3 is 0 Å². The number of imide groups is 1. The third-order valence-corrected chi connectivity index (χ3v) is 8.58. The van der Waals surface area contributed by atoms with Gasteiger partial charge in [0.25, 0.3) is 11.8 Å². The molecule has 1 saturated heterocycles. The number of hydrazone groups is 1. The van der Waals surface area contributed by atoms with Crippen molar-refractivity contribution in [2.75, 3.05) is 6.61 Å². The second-order valence-electron chi connectivity index (χ2n) is 9.53. The van der Waals surface area contributed by atoms with Crippen molar-refractivity contribution in [1.29, 1.82) is 0 Å². The molecule has 1 heterocycles. The Morgan fingerprint density at radius 3 is 2.43 bits per heavy atom. The Morgan fingerprint density at radius 1 is 1.09 bits per heavy atom. The largest absolute Gasteiger partial charge is 0.490 e. The highest BCUT2D eigenvalue weighted by Crippen LogP contribution is 2.65. The minimum Gasteiger partial charge on any atom is -0.490 e. The number of nitrogens with zero attached hydrogens (tertiary/aromatic N) is 2. The number of hydrogen-bond donors (Lipinski definition) is 0. The predicted molar refractivity (Wildman–Crippen MR) is 135 cm³/mol. The fraction of sp³-hybridized carbons (Fsp3) is 0.370. The van der Waals surface area contributed by atoms with Crippen molar-refractivity contribution in [3.8, 4) is 11.5 Å². The Kier molecular flexibility index (Phi) is 5.72. The lowest BCUT2D eigenvalue weighted by molar-refractivity contribution is -0.140. The zero-order chi connectivity index (χ0) is 24.3. The molecule has 1 aliphatic heterocycles. The molecule has 0 aromatic heterocycles. The van der Waals surface area contributed by atoms with E-state index in [1.54, 1.807) is 6.07 Å². The first-order valence-electron chi connectivity index (χ1n) is 11.9. The first-order chi connectivity index (χ1) is 17.0. The predicted octanol–water partition coefficient (Wildman–Crippen LogP) is 5.47. The van der Waals surface area contributed by atoms with Gasteiger partial charge in [-0.1, -0.05) is 42.0 Å². The summed E-state index contributed by atoms with van der Waals surface area (Å²) < 4.78 is 12.5. The Labute approximate surface area is 217 Å². The van der Waals surface area contributed by atoms with Crippen LogP contribution in [0.15, 0.2) is 58.1 Å². The molecule has 5 aliphatic rings. The van der Waals surface area contributed by atoms with Crippen molar-refractivity contribution >= 4 is 45.6 Å². The summed E-state index contributed by atoms with van der Waals surface area (Å²) >= 11 is 9.82. The average Bonchev–Trinajstić information content (AvgIpc) is 3.63. The number of carbonyl (C=O) groups excluding carboxylic acids is 2. The van der Waals surface area contributed by atoms with E-state index in [0.717, 1.165) is 17.0 Å². The smallest absolute Gasteiger partial charge is 0.254 e. The summed E-state index contributed by atoms with van der Waals surface area (Å²) in [5, 5.41) is 6.06. The van der Waals surface area contributed by atoms with E-state index >= 15 is 0 Å². The van der Waals surface area contributed by atoms with E-state index in [1.807, 2.05) is 37.3 Å². The molecule has 0 N–H and O–H groups in total. The second kappa shape index (κ2) is 8.79. The third-order valence-electron chi connectivity index (χ3n) is 7.62. The van der Waals surface area contributed by atoms with Gasteiger partial charge in [0.1, 0.15) is 6.61 Å². The van der Waals surface area contributed by atoms with Crippen LogP contribution < -0.4 is 9.47 Å². The van der Waals surface area contributed by atoms with Crippen LogP contribution in [0.25, 0.3) is 0 Å². The summed E-state index contributed by atoms with van der Waals surface area (Å²) in [6.45, 7) is 2.62. The van der Waals surface area contributed by atoms with Crippen LogP contribution in [0.3, 0.4) is 0 Å². The number of rotatable bonds is 7. The molecule has 0 unspecified atom stereocenters. The molecule has 6 atom stereocenters. The Hall–Kier alpha value is -2.64. The number of allylic oxidation sites excluding steroid dienone is 2. The summed E-state index contributed by atoms with van der Waals surface area (Å²) in [6.07, 6.45) is 6.99. The molecule has 7 rings (SSSR count). The molecule has 0 spiro atoms. The molecule has 35 heavy (non-hydrogen) atoms. The molecule has 2 aromatic rings. The zero-order valence-electron chi connectivity index (χ0n) is 19.1. The maximum atomic E-state index is 13.2. The van der Waals surface area contributed by atoms with Gasteiger partial charge in [-0.3, -0.25) is 9.59 Å². The number of amides is 2. The first-order valence-corrected chi connectivity index (χ1v) is 13.1. The summed E-state index contributed by atoms with van der Waals surface area (Å²) in [5.74, 6) is 1.70. The van der Waals surface area contributed by atoms with Crippen LogP contribution in [0.5, 0.6) is 11.5 Å². The van der Waals surface area contributed by atoms with Gasteiger partial charge in [0.05, 0.1) is 29.1 Å². The number of hydrogen-bond acceptors (Lipinski definition) is 5. The Morgan fingerprint density at radius 2 is 1.77 bits per heavy atom. The van der Waals surface area contributed by atoms with Gasteiger partial charge in [-0.15, -0.1) is 0 Å². The van der Waals surface area contributed by atoms with Crippen LogP contribution in [0.2, 0.25) is 5.02 Å². The van der Waals surface area contributed by atoms with Gasteiger partial charge in [-0.05, 0) is 76.7 Å². The highest BCUT2D eigenvalue weighted by molar-refractivity contribution is 9.10. The number of halogens is 2. The van der Waals surface area contributed by atoms with Gasteiger partial charge in [0.2, 0.25) is 0 Å². The van der Waals surface area contributed by atoms with Crippen LogP contribution >= 0.6 is 27.5 Å². The van der Waals surface area contributed by atoms with Crippen LogP contribution in [-0.4, -0.2) is 29.6 Å². The molecule has 2 aromatic carbocycles. The van der Waals surface area contributed by atoms with E-state index in [2.05, 4.69) is 33.2 Å². The fourth-order valence-corrected chi connectivity index (χ4v) is 6.77. The van der Waals surface area contributed by atoms with Crippen LogP contribution in [-0.2, 0) is 16.2 Å². The lowest BCUT2D eigenvalue weighted by atomic mass is 9.63. The average molecular weight is 556 g/mol. The minimum absolute atomic E-state index is 0.176. The van der Waals surface area contributed by atoms with Gasteiger partial charge in [0, 0.05) is 10.6 Å². The quantitative estimate of drug-likeness (QED) is 0.258. The summed E-state index contributed by atoms with van der Waals surface area (Å²) in [5.41, 5.74) is 1.55. The van der Waals surface area contributed by atoms with Crippen molar-refractivity contribution in [2.45, 2.75) is 20.0 Å². The summed E-state index contributed by atoms with van der Waals surface area (Å²) in [6, 6.07) is 11.1. The Balaban J connectivity index is 1.23. The molecule has 0 radical (unpaired) electrons. The van der Waals surface area contributed by atoms with Crippen molar-refractivity contribution in [2.24, 2.45) is 40.6 Å². The molecule has 2 amide bonds. The monoisotopic (exact) mass is 554 g/mol. The maximum absolute atomic E-state index is 13.2. The molecule has 2 saturated carbocycles. The molecular formula is C27H24BrClN2O4. The van der Waals surface area contributed by atoms with E-state index < -0.39 is 0 Å². The highest BCUT2D eigenvalue weighted by atomic mass is 79.9. The van der Waals surface area contributed by atoms with Gasteiger partial charge in [-0.2, -0.15) is 10.1 Å². The van der Waals surface area contributed by atoms with Gasteiger partial charge in [-0.25, -0.2) is 0 Å². The SMILES string of the molecule is CCOc1cc(C=NN2C(=O)[C@@H]3[C@H]4C=C[C@@H]([C@@H]5C[C@H]45)[C@H]3C2=O)cc(Br)c1OCc1ccccc1Cl. The molecule has 6 nitrogen and oxygen atoms in total. The number of ether oxygens (including phenoxy) is 2. The Bertz CT molecular complexity index is 1240. The van der Waals surface area contributed by atoms with Crippen molar-refractivity contribution in [3.05, 3.63) is 69.2 Å². The molecular weight excluding hydrogens is 532 g/mol. The van der Waals surface area contributed by atoms with E-state index in [0.29, 0.717) is 45.0 Å². The normalized spacial score (nSPS) is 30.1. The summed E-state index contributed by atoms with van der Waals surface area (Å²) in [4.78, 5) is 26.3. The molecule has 4 aliphatic carbocycles. The first kappa shape index (κ1) is 22.8. The lowest BCUT2D eigenvalue weighted by Gasteiger charge is -2.37. The topological polar surface area (TPSA) is 68.2 Å². The molecule has 3 fully saturated rings. The molecule has 180 valence electrons. The standard InChI is InChI=1S/C27H24BrClN2O4/c1-2-34-22-10-14(9-20(28)25(22)35-13-15-5-3-4-6-21(15)29)12-30-31-26(32)23-16-7-8-17(19-11-18(16)19)24(23)27(31)33/h3-10,12,16-19,23-24H,2,11,13H2,1H3/t16-,17-,18-,19+,23+,24+/m0/s1. The van der Waals surface area contributed by atoms with E-state index in [1.165, 1.54) is 6.21 Å². The number of benzene rings is 2. The van der Waals surface area contributed by atoms with Crippen LogP contribution in [0.4, 0.5) is 0 Å². The molecule has 8 heteroatoms. The van der Waals surface area contributed by atoms with Gasteiger partial charge < -0.3 is 9.47 Å². The van der Waals surface area contributed by atoms with E-state index in [4.69, 9.17) is 21.1 Å². The summed E-state index contributed by atoms with van der Waals surface area (Å²) in [7, 11) is 0. The minimum atomic E-state index is -0.260. The van der Waals surface area contributed by atoms with Crippen molar-refractivity contribution < 1.29 is 19.1 Å². The van der Waals surface area contributed by atoms with E-state index in [9.17, 15) is 9.59 Å². The van der Waals surface area contributed by atoms with Gasteiger partial charge in [0.15, 0.2) is 11.5 Å². The molecule has 2 bridgehead atoms. The van der Waals surface area contributed by atoms with Crippen LogP contribution in [0.1, 0.15) is 24.5 Å². The fourth-order valence-electron chi connectivity index (χ4n) is 6.01. The van der Waals surface area contributed by atoms with E-state index in [-0.39, 0.29) is 42.1 Å². The second-order valence-corrected chi connectivity index (χ2v) is 10.8. The van der Waals surface area contributed by atoms with Crippen LogP contribution in [0, 0.1) is 35.5 Å². The highest BCUT2D eigenvalue weighted by Gasteiger charge is 2.67. The third kappa shape index (κ3) is 3.80.